The quantitative estimate of drug-likeness (QED) is 0.288. The number of hydrogen-bond acceptors (Lipinski definition) is 3. The molecule has 0 spiro atoms. The van der Waals surface area contributed by atoms with E-state index < -0.39 is 0 Å². The molecule has 1 N–H and O–H groups in total. The Morgan fingerprint density at radius 2 is 2.18 bits per heavy atom. The van der Waals surface area contributed by atoms with Gasteiger partial charge in [0, 0.05) is 57.9 Å². The fraction of sp³-hybridized carbons (Fsp3) is 0.550. The van der Waals surface area contributed by atoms with Gasteiger partial charge in [0.2, 0.25) is 5.56 Å². The van der Waals surface area contributed by atoms with Crippen molar-refractivity contribution in [3.8, 4) is 0 Å². The third-order valence-corrected chi connectivity index (χ3v) is 5.35. The topological polar surface area (TPSA) is 67.5 Å². The summed E-state index contributed by atoms with van der Waals surface area (Å²) in [6.07, 6.45) is 10.7. The Bertz CT molecular complexity index is 788. The van der Waals surface area contributed by atoms with E-state index in [9.17, 15) is 4.79 Å². The first kappa shape index (κ1) is 22.4. The van der Waals surface area contributed by atoms with E-state index in [0.29, 0.717) is 12.0 Å². The molecule has 1 saturated heterocycles. The standard InChI is InChI=1S/C20H30N6O.HI/c1-17-8-13-25(15-18(17)26-14-10-22-16-26)20(21-2)23-9-4-6-12-24-11-5-3-7-19(24)27;/h3,5,7,10-11,14,16-18H,4,6,8-9,12-13,15H2,1-2H3,(H,21,23);1H. The lowest BCUT2D eigenvalue weighted by Crippen LogP contribution is -2.49. The van der Waals surface area contributed by atoms with Gasteiger partial charge in [-0.1, -0.05) is 13.0 Å². The highest BCUT2D eigenvalue weighted by atomic mass is 127. The van der Waals surface area contributed by atoms with Crippen LogP contribution in [0.3, 0.4) is 0 Å². The van der Waals surface area contributed by atoms with Crippen molar-refractivity contribution in [1.82, 2.24) is 24.3 Å². The van der Waals surface area contributed by atoms with E-state index >= 15 is 0 Å². The van der Waals surface area contributed by atoms with Gasteiger partial charge in [-0.15, -0.1) is 24.0 Å². The Hall–Kier alpha value is -1.84. The van der Waals surface area contributed by atoms with Crippen molar-refractivity contribution >= 4 is 29.9 Å². The number of unbranched alkanes of at least 4 members (excludes halogenated alkanes) is 1. The molecule has 3 rings (SSSR count). The monoisotopic (exact) mass is 498 g/mol. The molecule has 8 heteroatoms. The predicted octanol–water partition coefficient (Wildman–Crippen LogP) is 2.60. The molecule has 28 heavy (non-hydrogen) atoms. The van der Waals surface area contributed by atoms with Crippen molar-refractivity contribution < 1.29 is 0 Å². The van der Waals surface area contributed by atoms with Crippen LogP contribution in [0.4, 0.5) is 0 Å². The highest BCUT2D eigenvalue weighted by molar-refractivity contribution is 14.0. The number of piperidine rings is 1. The number of rotatable bonds is 6. The zero-order valence-electron chi connectivity index (χ0n) is 16.7. The minimum atomic E-state index is 0. The summed E-state index contributed by atoms with van der Waals surface area (Å²) in [5.41, 5.74) is 0.0641. The number of halogens is 1. The molecule has 154 valence electrons. The maximum atomic E-state index is 11.7. The van der Waals surface area contributed by atoms with E-state index in [1.807, 2.05) is 38.0 Å². The fourth-order valence-corrected chi connectivity index (χ4v) is 3.68. The summed E-state index contributed by atoms with van der Waals surface area (Å²) in [6.45, 7) is 5.88. The van der Waals surface area contributed by atoms with Crippen LogP contribution in [0.25, 0.3) is 0 Å². The number of hydrogen-bond donors (Lipinski definition) is 1. The number of pyridine rings is 1. The van der Waals surface area contributed by atoms with Crippen molar-refractivity contribution in [1.29, 1.82) is 0 Å². The zero-order chi connectivity index (χ0) is 19.1. The van der Waals surface area contributed by atoms with Gasteiger partial charge in [0.05, 0.1) is 12.4 Å². The molecule has 0 amide bonds. The molecule has 1 aliphatic heterocycles. The third kappa shape index (κ3) is 5.83. The minimum absolute atomic E-state index is 0. The van der Waals surface area contributed by atoms with E-state index in [0.717, 1.165) is 51.4 Å². The van der Waals surface area contributed by atoms with Gasteiger partial charge in [-0.25, -0.2) is 4.98 Å². The van der Waals surface area contributed by atoms with Crippen LogP contribution < -0.4 is 10.9 Å². The van der Waals surface area contributed by atoms with Crippen LogP contribution in [0.5, 0.6) is 0 Å². The van der Waals surface area contributed by atoms with Crippen LogP contribution in [-0.4, -0.2) is 51.7 Å². The van der Waals surface area contributed by atoms with E-state index in [2.05, 4.69) is 31.7 Å². The van der Waals surface area contributed by atoms with E-state index in [-0.39, 0.29) is 29.5 Å². The number of aryl methyl sites for hydroxylation is 1. The lowest BCUT2D eigenvalue weighted by molar-refractivity contribution is 0.189. The average molecular weight is 498 g/mol. The van der Waals surface area contributed by atoms with E-state index in [1.165, 1.54) is 0 Å². The molecule has 0 saturated carbocycles. The van der Waals surface area contributed by atoms with Gasteiger partial charge in [0.25, 0.3) is 0 Å². The number of nitrogens with zero attached hydrogens (tertiary/aromatic N) is 5. The summed E-state index contributed by atoms with van der Waals surface area (Å²) < 4.78 is 3.97. The van der Waals surface area contributed by atoms with Gasteiger partial charge < -0.3 is 19.4 Å². The van der Waals surface area contributed by atoms with Crippen LogP contribution in [0.1, 0.15) is 32.2 Å². The Balaban J connectivity index is 0.00000280. The second kappa shape index (κ2) is 11.2. The number of guanidine groups is 1. The SMILES string of the molecule is CN=C(NCCCCn1ccccc1=O)N1CCC(C)C(n2ccnc2)C1.I. The molecule has 3 heterocycles. The molecule has 1 aliphatic rings. The molecule has 2 atom stereocenters. The summed E-state index contributed by atoms with van der Waals surface area (Å²) in [7, 11) is 1.84. The van der Waals surface area contributed by atoms with Crippen molar-refractivity contribution in [2.24, 2.45) is 10.9 Å². The number of aliphatic imine (C=N–C) groups is 1. The Kier molecular flexibility index (Phi) is 9.01. The zero-order valence-corrected chi connectivity index (χ0v) is 19.0. The minimum Gasteiger partial charge on any atom is -0.356 e. The molecule has 0 bridgehead atoms. The highest BCUT2D eigenvalue weighted by Crippen LogP contribution is 2.27. The van der Waals surface area contributed by atoms with Gasteiger partial charge in [-0.05, 0) is 31.2 Å². The largest absolute Gasteiger partial charge is 0.356 e. The van der Waals surface area contributed by atoms with Gasteiger partial charge in [-0.2, -0.15) is 0 Å². The predicted molar refractivity (Wildman–Crippen MR) is 123 cm³/mol. The van der Waals surface area contributed by atoms with Gasteiger partial charge >= 0.3 is 0 Å². The van der Waals surface area contributed by atoms with Crippen molar-refractivity contribution in [3.63, 3.8) is 0 Å². The first-order valence-corrected chi connectivity index (χ1v) is 9.77. The molecule has 2 unspecified atom stereocenters. The van der Waals surface area contributed by atoms with Crippen LogP contribution >= 0.6 is 24.0 Å². The molecule has 0 aliphatic carbocycles. The lowest BCUT2D eigenvalue weighted by Gasteiger charge is -2.39. The third-order valence-electron chi connectivity index (χ3n) is 5.35. The molecule has 7 nitrogen and oxygen atoms in total. The average Bonchev–Trinajstić information content (AvgIpc) is 3.21. The van der Waals surface area contributed by atoms with E-state index in [1.54, 1.807) is 16.7 Å². The van der Waals surface area contributed by atoms with Crippen molar-refractivity contribution in [2.45, 2.75) is 38.8 Å². The Morgan fingerprint density at radius 3 is 2.89 bits per heavy atom. The summed E-state index contributed by atoms with van der Waals surface area (Å²) in [5, 5.41) is 3.48. The summed E-state index contributed by atoms with van der Waals surface area (Å²) >= 11 is 0. The van der Waals surface area contributed by atoms with Gasteiger partial charge in [0.15, 0.2) is 5.96 Å². The van der Waals surface area contributed by atoms with Crippen LogP contribution in [0, 0.1) is 5.92 Å². The summed E-state index contributed by atoms with van der Waals surface area (Å²) in [4.78, 5) is 22.7. The maximum Gasteiger partial charge on any atom is 0.250 e. The summed E-state index contributed by atoms with van der Waals surface area (Å²) in [5.74, 6) is 1.58. The van der Waals surface area contributed by atoms with Crippen LogP contribution in [-0.2, 0) is 6.54 Å². The van der Waals surface area contributed by atoms with Crippen LogP contribution in [0.2, 0.25) is 0 Å². The second-order valence-corrected chi connectivity index (χ2v) is 7.20. The Morgan fingerprint density at radius 1 is 1.32 bits per heavy atom. The number of likely N-dealkylation sites (tertiary alicyclic amines) is 1. The molecule has 2 aromatic heterocycles. The number of nitrogens with one attached hydrogen (secondary N) is 1. The maximum absolute atomic E-state index is 11.7. The first-order chi connectivity index (χ1) is 13.2. The van der Waals surface area contributed by atoms with Crippen LogP contribution in [0.15, 0.2) is 52.9 Å². The molecule has 1 fully saturated rings. The second-order valence-electron chi connectivity index (χ2n) is 7.20. The molecular formula is C20H31IN6O. The normalized spacial score (nSPS) is 19.9. The molecule has 2 aromatic rings. The van der Waals surface area contributed by atoms with Crippen molar-refractivity contribution in [3.05, 3.63) is 53.5 Å². The number of aromatic nitrogens is 3. The van der Waals surface area contributed by atoms with E-state index in [4.69, 9.17) is 0 Å². The molecule has 0 radical (unpaired) electrons. The fourth-order valence-electron chi connectivity index (χ4n) is 3.68. The highest BCUT2D eigenvalue weighted by Gasteiger charge is 2.28. The first-order valence-electron chi connectivity index (χ1n) is 9.77. The Labute approximate surface area is 183 Å². The lowest BCUT2D eigenvalue weighted by atomic mass is 9.93. The van der Waals surface area contributed by atoms with Gasteiger partial charge in [-0.3, -0.25) is 9.79 Å². The molecule has 0 aromatic carbocycles. The number of imidazole rings is 1. The van der Waals surface area contributed by atoms with Crippen molar-refractivity contribution in [2.75, 3.05) is 26.7 Å². The smallest absolute Gasteiger partial charge is 0.250 e. The summed E-state index contributed by atoms with van der Waals surface area (Å²) in [6, 6.07) is 5.70. The van der Waals surface area contributed by atoms with Gasteiger partial charge in [0.1, 0.15) is 0 Å². The molecular weight excluding hydrogens is 467 g/mol.